The van der Waals surface area contributed by atoms with Gasteiger partial charge in [-0.05, 0) is 10.7 Å². The van der Waals surface area contributed by atoms with E-state index < -0.39 is 0 Å². The molecule has 0 aromatic heterocycles. The van der Waals surface area contributed by atoms with Crippen molar-refractivity contribution in [1.82, 2.24) is 0 Å². The lowest BCUT2D eigenvalue weighted by atomic mass is 10.4. The molecule has 0 N–H and O–H groups in total. The Labute approximate surface area is 69.7 Å². The highest BCUT2D eigenvalue weighted by Crippen LogP contribution is 2.24. The second-order valence-electron chi connectivity index (χ2n) is 1.72. The molecule has 2 atom stereocenters. The van der Waals surface area contributed by atoms with Crippen molar-refractivity contribution in [3.8, 4) is 0 Å². The molecule has 0 amide bonds. The van der Waals surface area contributed by atoms with E-state index in [1.165, 1.54) is 0 Å². The minimum atomic E-state index is 0.407. The molecule has 9 heavy (non-hydrogen) atoms. The van der Waals surface area contributed by atoms with E-state index in [9.17, 15) is 0 Å². The van der Waals surface area contributed by atoms with Gasteiger partial charge in [-0.15, -0.1) is 11.8 Å². The third-order valence-electron chi connectivity index (χ3n) is 1.07. The summed E-state index contributed by atoms with van der Waals surface area (Å²) in [6, 6.07) is 0. The Hall–Kier alpha value is 0.270. The molecule has 48 valence electrons. The van der Waals surface area contributed by atoms with Crippen LogP contribution < -0.4 is 0 Å². The Kier molecular flexibility index (Phi) is 2.82. The van der Waals surface area contributed by atoms with Crippen LogP contribution in [0.4, 0.5) is 0 Å². The van der Waals surface area contributed by atoms with Crippen LogP contribution in [-0.4, -0.2) is 21.2 Å². The normalized spacial score (nSPS) is 32.4. The van der Waals surface area contributed by atoms with Crippen LogP contribution >= 0.6 is 36.2 Å². The minimum absolute atomic E-state index is 0.407. The van der Waals surface area contributed by atoms with E-state index >= 15 is 0 Å². The summed E-state index contributed by atoms with van der Waals surface area (Å²) >= 11 is 11.3. The fourth-order valence-electron chi connectivity index (χ4n) is 0.646. The van der Waals surface area contributed by atoms with Crippen LogP contribution in [0, 0.1) is 0 Å². The number of hydrogen-bond donors (Lipinski definition) is 0. The lowest BCUT2D eigenvalue weighted by Crippen LogP contribution is -1.98. The smallest absolute Gasteiger partial charge is 0.0520 e. The van der Waals surface area contributed by atoms with Crippen LogP contribution in [0.1, 0.15) is 0 Å². The molecular formula is C6H6S3. The van der Waals surface area contributed by atoms with Gasteiger partial charge >= 0.3 is 0 Å². The summed E-state index contributed by atoms with van der Waals surface area (Å²) < 4.78 is 0. The van der Waals surface area contributed by atoms with Crippen LogP contribution in [-0.2, 0) is 0 Å². The maximum absolute atomic E-state index is 4.77. The Morgan fingerprint density at radius 1 is 1.11 bits per heavy atom. The van der Waals surface area contributed by atoms with Crippen molar-refractivity contribution < 1.29 is 0 Å². The number of hydrogen-bond acceptors (Lipinski definition) is 3. The predicted octanol–water partition coefficient (Wildman–Crippen LogP) is 2.03. The zero-order valence-electron chi connectivity index (χ0n) is 4.69. The molecule has 0 fully saturated rings. The number of thioether (sulfide) groups is 1. The van der Waals surface area contributed by atoms with Gasteiger partial charge in [-0.25, -0.2) is 0 Å². The average molecular weight is 174 g/mol. The summed E-state index contributed by atoms with van der Waals surface area (Å²) in [6.07, 6.45) is 4.18. The monoisotopic (exact) mass is 174 g/mol. The Balaban J connectivity index is 2.48. The average Bonchev–Trinajstić information content (AvgIpc) is 2.34. The zero-order chi connectivity index (χ0) is 6.69. The standard InChI is InChI=1S/C6H6S3/c7-3-5-1-2-6(4-8)9-5/h1-6H. The van der Waals surface area contributed by atoms with Gasteiger partial charge in [0, 0.05) is 0 Å². The third-order valence-corrected chi connectivity index (χ3v) is 3.22. The molecule has 0 saturated carbocycles. The molecule has 0 spiro atoms. The number of thiocarbonyl (C=S) groups is 2. The summed E-state index contributed by atoms with van der Waals surface area (Å²) in [5.41, 5.74) is 0. The van der Waals surface area contributed by atoms with Crippen molar-refractivity contribution in [3.63, 3.8) is 0 Å². The minimum Gasteiger partial charge on any atom is -0.137 e. The molecule has 0 radical (unpaired) electrons. The Morgan fingerprint density at radius 3 is 1.78 bits per heavy atom. The molecule has 0 aliphatic carbocycles. The molecule has 2 unspecified atom stereocenters. The summed E-state index contributed by atoms with van der Waals surface area (Å²) in [4.78, 5) is 0. The van der Waals surface area contributed by atoms with E-state index in [-0.39, 0.29) is 0 Å². The molecule has 0 aromatic carbocycles. The summed E-state index contributed by atoms with van der Waals surface area (Å²) in [7, 11) is 0. The van der Waals surface area contributed by atoms with Crippen LogP contribution in [0.15, 0.2) is 12.2 Å². The molecule has 0 bridgehead atoms. The second kappa shape index (κ2) is 3.44. The SMILES string of the molecule is S=CC1C=CC(C=S)S1. The first-order valence-electron chi connectivity index (χ1n) is 2.61. The van der Waals surface area contributed by atoms with Crippen molar-refractivity contribution in [2.75, 3.05) is 0 Å². The summed E-state index contributed by atoms with van der Waals surface area (Å²) in [5, 5.41) is 4.34. The van der Waals surface area contributed by atoms with E-state index in [2.05, 4.69) is 12.2 Å². The Bertz CT molecular complexity index is 134. The van der Waals surface area contributed by atoms with Gasteiger partial charge in [-0.1, -0.05) is 36.6 Å². The van der Waals surface area contributed by atoms with Gasteiger partial charge < -0.3 is 0 Å². The second-order valence-corrected chi connectivity index (χ2v) is 3.63. The molecule has 1 aliphatic rings. The van der Waals surface area contributed by atoms with E-state index in [0.717, 1.165) is 0 Å². The maximum atomic E-state index is 4.77. The van der Waals surface area contributed by atoms with Gasteiger partial charge in [-0.3, -0.25) is 0 Å². The predicted molar refractivity (Wildman–Crippen MR) is 51.6 cm³/mol. The van der Waals surface area contributed by atoms with Crippen molar-refractivity contribution in [2.45, 2.75) is 10.5 Å². The van der Waals surface area contributed by atoms with Gasteiger partial charge in [0.25, 0.3) is 0 Å². The summed E-state index contributed by atoms with van der Waals surface area (Å²) in [5.74, 6) is 0. The zero-order valence-corrected chi connectivity index (χ0v) is 7.14. The van der Waals surface area contributed by atoms with E-state index in [1.54, 1.807) is 22.5 Å². The highest BCUT2D eigenvalue weighted by atomic mass is 32.2. The summed E-state index contributed by atoms with van der Waals surface area (Å²) in [6.45, 7) is 0. The van der Waals surface area contributed by atoms with Crippen molar-refractivity contribution >= 4 is 46.9 Å². The van der Waals surface area contributed by atoms with Gasteiger partial charge in [-0.2, -0.15) is 0 Å². The highest BCUT2D eigenvalue weighted by molar-refractivity contribution is 8.04. The van der Waals surface area contributed by atoms with Gasteiger partial charge in [0.05, 0.1) is 10.5 Å². The van der Waals surface area contributed by atoms with Crippen LogP contribution in [0.25, 0.3) is 0 Å². The topological polar surface area (TPSA) is 0 Å². The largest absolute Gasteiger partial charge is 0.137 e. The first-order valence-corrected chi connectivity index (χ1v) is 4.50. The lowest BCUT2D eigenvalue weighted by molar-refractivity contribution is 1.60. The van der Waals surface area contributed by atoms with Crippen LogP contribution in [0.5, 0.6) is 0 Å². The lowest BCUT2D eigenvalue weighted by Gasteiger charge is -1.99. The first kappa shape index (κ1) is 7.38. The quantitative estimate of drug-likeness (QED) is 0.464. The van der Waals surface area contributed by atoms with E-state index in [4.69, 9.17) is 24.4 Å². The van der Waals surface area contributed by atoms with E-state index in [1.807, 2.05) is 0 Å². The van der Waals surface area contributed by atoms with Crippen LogP contribution in [0.3, 0.4) is 0 Å². The molecule has 1 aliphatic heterocycles. The third kappa shape index (κ3) is 1.85. The molecule has 0 saturated heterocycles. The Morgan fingerprint density at radius 2 is 1.56 bits per heavy atom. The molecular weight excluding hydrogens is 168 g/mol. The molecule has 3 heteroatoms. The highest BCUT2D eigenvalue weighted by Gasteiger charge is 2.13. The van der Waals surface area contributed by atoms with Gasteiger partial charge in [0.2, 0.25) is 0 Å². The van der Waals surface area contributed by atoms with Crippen molar-refractivity contribution in [2.24, 2.45) is 0 Å². The number of rotatable bonds is 2. The fourth-order valence-corrected chi connectivity index (χ4v) is 2.07. The van der Waals surface area contributed by atoms with Crippen molar-refractivity contribution in [1.29, 1.82) is 0 Å². The molecule has 1 heterocycles. The first-order chi connectivity index (χ1) is 4.36. The van der Waals surface area contributed by atoms with E-state index in [0.29, 0.717) is 10.5 Å². The molecule has 0 nitrogen and oxygen atoms in total. The molecule has 1 rings (SSSR count). The fraction of sp³-hybridized carbons (Fsp3) is 0.333. The van der Waals surface area contributed by atoms with Crippen molar-refractivity contribution in [3.05, 3.63) is 12.2 Å². The van der Waals surface area contributed by atoms with Crippen LogP contribution in [0.2, 0.25) is 0 Å². The van der Waals surface area contributed by atoms with Gasteiger partial charge in [0.15, 0.2) is 0 Å². The maximum Gasteiger partial charge on any atom is 0.0520 e. The van der Waals surface area contributed by atoms with Gasteiger partial charge in [0.1, 0.15) is 0 Å². The molecule has 0 aromatic rings.